The molecule has 2 aromatic rings. The molecule has 0 aliphatic heterocycles. The lowest BCUT2D eigenvalue weighted by molar-refractivity contribution is -0.115. The lowest BCUT2D eigenvalue weighted by Crippen LogP contribution is -2.12. The summed E-state index contributed by atoms with van der Waals surface area (Å²) in [6.07, 6.45) is 3.83. The molecule has 0 saturated heterocycles. The Kier molecular flexibility index (Phi) is 4.92. The van der Waals surface area contributed by atoms with Crippen molar-refractivity contribution < 1.29 is 4.79 Å². The highest BCUT2D eigenvalue weighted by molar-refractivity contribution is 7.99. The maximum absolute atomic E-state index is 11.7. The minimum absolute atomic E-state index is 0.00836. The Hall–Kier alpha value is -1.88. The molecule has 5 heteroatoms. The average Bonchev–Trinajstić information content (AvgIpc) is 2.40. The molecule has 0 radical (unpaired) electrons. The lowest BCUT2D eigenvalue weighted by Gasteiger charge is -2.05. The predicted octanol–water partition coefficient (Wildman–Crippen LogP) is 2.91. The lowest BCUT2D eigenvalue weighted by atomic mass is 10.2. The molecule has 19 heavy (non-hydrogen) atoms. The fourth-order valence-electron chi connectivity index (χ4n) is 1.54. The Morgan fingerprint density at radius 2 is 2.05 bits per heavy atom. The molecule has 0 saturated carbocycles. The largest absolute Gasteiger partial charge is 0.326 e. The first-order chi connectivity index (χ1) is 9.24. The van der Waals surface area contributed by atoms with Gasteiger partial charge in [-0.2, -0.15) is 0 Å². The predicted molar refractivity (Wildman–Crippen MR) is 77.2 cm³/mol. The van der Waals surface area contributed by atoms with Gasteiger partial charge in [-0.05, 0) is 30.7 Å². The number of aryl methyl sites for hydroxylation is 1. The van der Waals surface area contributed by atoms with E-state index in [2.05, 4.69) is 15.3 Å². The number of hydrogen-bond donors (Lipinski definition) is 1. The van der Waals surface area contributed by atoms with Crippen LogP contribution in [-0.4, -0.2) is 21.6 Å². The number of benzene rings is 1. The van der Waals surface area contributed by atoms with E-state index in [4.69, 9.17) is 0 Å². The summed E-state index contributed by atoms with van der Waals surface area (Å²) in [4.78, 5) is 19.9. The van der Waals surface area contributed by atoms with Gasteiger partial charge < -0.3 is 5.32 Å². The zero-order valence-corrected chi connectivity index (χ0v) is 11.5. The van der Waals surface area contributed by atoms with Crippen LogP contribution in [0.4, 0.5) is 5.69 Å². The van der Waals surface area contributed by atoms with Crippen molar-refractivity contribution in [3.05, 3.63) is 48.3 Å². The summed E-state index contributed by atoms with van der Waals surface area (Å²) < 4.78 is 0. The van der Waals surface area contributed by atoms with Crippen LogP contribution < -0.4 is 5.32 Å². The molecule has 0 aliphatic rings. The summed E-state index contributed by atoms with van der Waals surface area (Å²) in [6, 6.07) is 9.54. The molecule has 1 amide bonds. The van der Waals surface area contributed by atoms with Crippen molar-refractivity contribution in [2.75, 3.05) is 11.1 Å². The number of hydrogen-bond acceptors (Lipinski definition) is 4. The molecule has 0 spiro atoms. The first-order valence-electron chi connectivity index (χ1n) is 6.00. The highest BCUT2D eigenvalue weighted by Gasteiger charge is 2.04. The quantitative estimate of drug-likeness (QED) is 0.672. The van der Waals surface area contributed by atoms with E-state index in [0.717, 1.165) is 11.3 Å². The van der Waals surface area contributed by atoms with E-state index in [0.29, 0.717) is 17.3 Å². The molecule has 0 bridgehead atoms. The Bertz CT molecular complexity index is 545. The van der Waals surface area contributed by atoms with Crippen molar-refractivity contribution in [3.8, 4) is 0 Å². The molecular weight excluding hydrogens is 258 g/mol. The summed E-state index contributed by atoms with van der Waals surface area (Å²) in [5.41, 5.74) is 1.97. The van der Waals surface area contributed by atoms with Crippen LogP contribution in [-0.2, 0) is 4.79 Å². The molecular formula is C14H15N3OS. The number of amides is 1. The zero-order chi connectivity index (χ0) is 13.5. The van der Waals surface area contributed by atoms with Gasteiger partial charge in [0, 0.05) is 30.3 Å². The molecule has 0 fully saturated rings. The second-order valence-electron chi connectivity index (χ2n) is 4.05. The zero-order valence-electron chi connectivity index (χ0n) is 10.7. The standard InChI is InChI=1S/C14H15N3OS/c1-11-4-2-5-12(10-11)17-13(18)6-9-19-14-15-7-3-8-16-14/h2-5,7-8,10H,6,9H2,1H3,(H,17,18). The van der Waals surface area contributed by atoms with Crippen molar-refractivity contribution in [1.29, 1.82) is 0 Å². The van der Waals surface area contributed by atoms with Crippen LogP contribution in [0.2, 0.25) is 0 Å². The maximum atomic E-state index is 11.7. The van der Waals surface area contributed by atoms with Crippen LogP contribution in [0.5, 0.6) is 0 Å². The first kappa shape index (κ1) is 13.5. The smallest absolute Gasteiger partial charge is 0.225 e. The third-order valence-electron chi connectivity index (χ3n) is 2.40. The third kappa shape index (κ3) is 4.71. The minimum atomic E-state index is 0.00836. The molecule has 98 valence electrons. The number of nitrogens with zero attached hydrogens (tertiary/aromatic N) is 2. The van der Waals surface area contributed by atoms with E-state index in [9.17, 15) is 4.79 Å². The van der Waals surface area contributed by atoms with Crippen LogP contribution >= 0.6 is 11.8 Å². The molecule has 1 aromatic carbocycles. The van der Waals surface area contributed by atoms with E-state index in [-0.39, 0.29) is 5.91 Å². The normalized spacial score (nSPS) is 10.2. The SMILES string of the molecule is Cc1cccc(NC(=O)CCSc2ncccn2)c1. The van der Waals surface area contributed by atoms with E-state index in [1.54, 1.807) is 18.5 Å². The maximum Gasteiger partial charge on any atom is 0.225 e. The van der Waals surface area contributed by atoms with E-state index in [1.165, 1.54) is 11.8 Å². The first-order valence-corrected chi connectivity index (χ1v) is 6.99. The topological polar surface area (TPSA) is 54.9 Å². The highest BCUT2D eigenvalue weighted by atomic mass is 32.2. The molecule has 1 heterocycles. The monoisotopic (exact) mass is 273 g/mol. The van der Waals surface area contributed by atoms with Gasteiger partial charge in [-0.3, -0.25) is 4.79 Å². The Balaban J connectivity index is 1.76. The van der Waals surface area contributed by atoms with Crippen LogP contribution in [0.15, 0.2) is 47.9 Å². The molecule has 0 aliphatic carbocycles. The van der Waals surface area contributed by atoms with Crippen LogP contribution in [0.1, 0.15) is 12.0 Å². The van der Waals surface area contributed by atoms with Gasteiger partial charge in [0.1, 0.15) is 0 Å². The van der Waals surface area contributed by atoms with Gasteiger partial charge in [-0.15, -0.1) is 0 Å². The van der Waals surface area contributed by atoms with Crippen molar-refractivity contribution >= 4 is 23.4 Å². The Morgan fingerprint density at radius 1 is 1.26 bits per heavy atom. The average molecular weight is 273 g/mol. The summed E-state index contributed by atoms with van der Waals surface area (Å²) in [5, 5.41) is 3.58. The van der Waals surface area contributed by atoms with Crippen molar-refractivity contribution in [3.63, 3.8) is 0 Å². The van der Waals surface area contributed by atoms with Gasteiger partial charge in [0.05, 0.1) is 0 Å². The Labute approximate surface area is 116 Å². The van der Waals surface area contributed by atoms with Gasteiger partial charge in [0.2, 0.25) is 5.91 Å². The molecule has 1 N–H and O–H groups in total. The number of nitrogens with one attached hydrogen (secondary N) is 1. The molecule has 4 nitrogen and oxygen atoms in total. The minimum Gasteiger partial charge on any atom is -0.326 e. The van der Waals surface area contributed by atoms with Gasteiger partial charge in [0.15, 0.2) is 5.16 Å². The van der Waals surface area contributed by atoms with E-state index in [1.807, 2.05) is 31.2 Å². The number of aromatic nitrogens is 2. The molecule has 2 rings (SSSR count). The van der Waals surface area contributed by atoms with E-state index >= 15 is 0 Å². The number of carbonyl (C=O) groups is 1. The van der Waals surface area contributed by atoms with Crippen molar-refractivity contribution in [2.45, 2.75) is 18.5 Å². The van der Waals surface area contributed by atoms with Crippen LogP contribution in [0, 0.1) is 6.92 Å². The number of rotatable bonds is 5. The fourth-order valence-corrected chi connectivity index (χ4v) is 2.28. The van der Waals surface area contributed by atoms with Gasteiger partial charge >= 0.3 is 0 Å². The number of carbonyl (C=O) groups excluding carboxylic acids is 1. The summed E-state index contributed by atoms with van der Waals surface area (Å²) in [7, 11) is 0. The molecule has 0 atom stereocenters. The molecule has 1 aromatic heterocycles. The fraction of sp³-hybridized carbons (Fsp3) is 0.214. The summed E-state index contributed by atoms with van der Waals surface area (Å²) >= 11 is 1.48. The number of anilines is 1. The van der Waals surface area contributed by atoms with E-state index < -0.39 is 0 Å². The van der Waals surface area contributed by atoms with Gasteiger partial charge in [-0.1, -0.05) is 23.9 Å². The number of thioether (sulfide) groups is 1. The van der Waals surface area contributed by atoms with Gasteiger partial charge in [0.25, 0.3) is 0 Å². The summed E-state index contributed by atoms with van der Waals surface area (Å²) in [5.74, 6) is 0.677. The second kappa shape index (κ2) is 6.89. The van der Waals surface area contributed by atoms with Crippen LogP contribution in [0.3, 0.4) is 0 Å². The third-order valence-corrected chi connectivity index (χ3v) is 3.28. The highest BCUT2D eigenvalue weighted by Crippen LogP contribution is 2.14. The second-order valence-corrected chi connectivity index (χ2v) is 5.11. The van der Waals surface area contributed by atoms with Gasteiger partial charge in [-0.25, -0.2) is 9.97 Å². The van der Waals surface area contributed by atoms with Crippen molar-refractivity contribution in [1.82, 2.24) is 9.97 Å². The summed E-state index contributed by atoms with van der Waals surface area (Å²) in [6.45, 7) is 2.00. The molecule has 0 unspecified atom stereocenters. The van der Waals surface area contributed by atoms with Crippen LogP contribution in [0.25, 0.3) is 0 Å². The Morgan fingerprint density at radius 3 is 2.79 bits per heavy atom. The van der Waals surface area contributed by atoms with Crippen molar-refractivity contribution in [2.24, 2.45) is 0 Å².